The summed E-state index contributed by atoms with van der Waals surface area (Å²) in [6.07, 6.45) is 0. The van der Waals surface area contributed by atoms with Gasteiger partial charge < -0.3 is 25.8 Å². The normalized spacial score (nSPS) is 10.0. The van der Waals surface area contributed by atoms with E-state index in [1.165, 1.54) is 0 Å². The summed E-state index contributed by atoms with van der Waals surface area (Å²) in [4.78, 5) is 23.5. The van der Waals surface area contributed by atoms with Gasteiger partial charge in [0.15, 0.2) is 6.61 Å². The monoisotopic (exact) mass is 343 g/mol. The Balaban J connectivity index is 1.91. The van der Waals surface area contributed by atoms with Crippen LogP contribution in [0.15, 0.2) is 48.5 Å². The molecule has 4 N–H and O–H groups in total. The van der Waals surface area contributed by atoms with Crippen LogP contribution in [0.5, 0.6) is 11.5 Å². The number of carbonyl (C=O) groups excluding carboxylic acids is 2. The highest BCUT2D eigenvalue weighted by molar-refractivity contribution is 6.00. The number of amides is 2. The van der Waals surface area contributed by atoms with Crippen molar-refractivity contribution in [3.63, 3.8) is 0 Å². The molecular weight excluding hydrogens is 322 g/mol. The molecule has 0 bridgehead atoms. The maximum Gasteiger partial charge on any atom is 0.262 e. The number of nitrogens with one attached hydrogen (secondary N) is 2. The van der Waals surface area contributed by atoms with Crippen molar-refractivity contribution in [1.82, 2.24) is 0 Å². The van der Waals surface area contributed by atoms with Crippen LogP contribution in [0.2, 0.25) is 0 Å². The van der Waals surface area contributed by atoms with E-state index in [0.717, 1.165) is 5.75 Å². The second-order valence-electron chi connectivity index (χ2n) is 5.04. The van der Waals surface area contributed by atoms with Crippen molar-refractivity contribution in [2.45, 2.75) is 6.92 Å². The summed E-state index contributed by atoms with van der Waals surface area (Å²) in [6.45, 7) is 2.20. The molecule has 0 heterocycles. The third-order valence-electron chi connectivity index (χ3n) is 3.17. The van der Waals surface area contributed by atoms with Crippen LogP contribution in [-0.2, 0) is 9.59 Å². The number of rotatable bonds is 8. The summed E-state index contributed by atoms with van der Waals surface area (Å²) in [5.41, 5.74) is 6.24. The number of anilines is 2. The van der Waals surface area contributed by atoms with Gasteiger partial charge in [0.1, 0.15) is 11.5 Å². The van der Waals surface area contributed by atoms with Gasteiger partial charge in [-0.25, -0.2) is 0 Å². The smallest absolute Gasteiger partial charge is 0.262 e. The Labute approximate surface area is 146 Å². The molecule has 0 unspecified atom stereocenters. The predicted octanol–water partition coefficient (Wildman–Crippen LogP) is 2.00. The Kier molecular flexibility index (Phi) is 6.79. The molecule has 0 aliphatic carbocycles. The number of nitrogens with two attached hydrogens (primary N) is 1. The molecule has 132 valence electrons. The van der Waals surface area contributed by atoms with Gasteiger partial charge in [-0.1, -0.05) is 12.1 Å². The highest BCUT2D eigenvalue weighted by Crippen LogP contribution is 2.21. The maximum atomic E-state index is 12.1. The van der Waals surface area contributed by atoms with Crippen molar-refractivity contribution >= 4 is 23.2 Å². The summed E-state index contributed by atoms with van der Waals surface area (Å²) in [5.74, 6) is 0.614. The number of benzene rings is 2. The first-order valence-corrected chi connectivity index (χ1v) is 7.87. The number of carbonyl (C=O) groups is 2. The molecule has 0 aromatic heterocycles. The van der Waals surface area contributed by atoms with E-state index in [1.807, 2.05) is 6.92 Å². The zero-order valence-electron chi connectivity index (χ0n) is 14.0. The van der Waals surface area contributed by atoms with Crippen LogP contribution in [0, 0.1) is 0 Å². The third kappa shape index (κ3) is 5.82. The lowest BCUT2D eigenvalue weighted by atomic mass is 10.2. The summed E-state index contributed by atoms with van der Waals surface area (Å²) in [7, 11) is 0. The first-order valence-electron chi connectivity index (χ1n) is 7.87. The van der Waals surface area contributed by atoms with Gasteiger partial charge in [-0.2, -0.15) is 0 Å². The van der Waals surface area contributed by atoms with Gasteiger partial charge in [-0.15, -0.1) is 0 Å². The van der Waals surface area contributed by atoms with E-state index in [9.17, 15) is 9.59 Å². The van der Waals surface area contributed by atoms with Gasteiger partial charge in [0.05, 0.1) is 24.5 Å². The number of ether oxygens (including phenoxy) is 2. The second-order valence-corrected chi connectivity index (χ2v) is 5.04. The molecule has 0 fully saturated rings. The molecule has 7 nitrogen and oxygen atoms in total. The fraction of sp³-hybridized carbons (Fsp3) is 0.222. The summed E-state index contributed by atoms with van der Waals surface area (Å²) in [5, 5.41) is 5.32. The van der Waals surface area contributed by atoms with Crippen LogP contribution < -0.4 is 25.8 Å². The van der Waals surface area contributed by atoms with E-state index in [0.29, 0.717) is 23.7 Å². The topological polar surface area (TPSA) is 103 Å². The van der Waals surface area contributed by atoms with E-state index in [1.54, 1.807) is 48.5 Å². The van der Waals surface area contributed by atoms with Gasteiger partial charge >= 0.3 is 0 Å². The zero-order chi connectivity index (χ0) is 18.1. The minimum Gasteiger partial charge on any atom is -0.494 e. The van der Waals surface area contributed by atoms with Gasteiger partial charge in [0.2, 0.25) is 5.91 Å². The van der Waals surface area contributed by atoms with Crippen LogP contribution in [0.3, 0.4) is 0 Å². The lowest BCUT2D eigenvalue weighted by molar-refractivity contribution is -0.118. The quantitative estimate of drug-likeness (QED) is 0.680. The lowest BCUT2D eigenvalue weighted by Gasteiger charge is -2.12. The van der Waals surface area contributed by atoms with Crippen LogP contribution in [0.4, 0.5) is 11.4 Å². The van der Waals surface area contributed by atoms with E-state index >= 15 is 0 Å². The number of hydrogen-bond acceptors (Lipinski definition) is 5. The van der Waals surface area contributed by atoms with E-state index in [-0.39, 0.29) is 25.0 Å². The fourth-order valence-electron chi connectivity index (χ4n) is 2.04. The Hall–Kier alpha value is -3.06. The van der Waals surface area contributed by atoms with Crippen molar-refractivity contribution in [2.75, 3.05) is 30.4 Å². The zero-order valence-corrected chi connectivity index (χ0v) is 14.0. The molecule has 0 saturated carbocycles. The van der Waals surface area contributed by atoms with Gasteiger partial charge in [0.25, 0.3) is 5.91 Å². The van der Waals surface area contributed by atoms with Crippen molar-refractivity contribution in [3.8, 4) is 11.5 Å². The molecule has 0 aliphatic heterocycles. The Bertz CT molecular complexity index is 717. The second kappa shape index (κ2) is 9.29. The molecule has 2 aromatic rings. The van der Waals surface area contributed by atoms with Crippen LogP contribution >= 0.6 is 0 Å². The van der Waals surface area contributed by atoms with Crippen LogP contribution in [-0.4, -0.2) is 31.6 Å². The highest BCUT2D eigenvalue weighted by Gasteiger charge is 2.09. The first kappa shape index (κ1) is 18.3. The molecule has 0 radical (unpaired) electrons. The largest absolute Gasteiger partial charge is 0.494 e. The average molecular weight is 343 g/mol. The van der Waals surface area contributed by atoms with E-state index < -0.39 is 0 Å². The SMILES string of the molecule is CCOc1ccc(OCC(=O)Nc2ccccc2NC(=O)CN)cc1. The molecule has 7 heteroatoms. The van der Waals surface area contributed by atoms with Gasteiger partial charge in [-0.3, -0.25) is 9.59 Å². The number of para-hydroxylation sites is 2. The van der Waals surface area contributed by atoms with E-state index in [2.05, 4.69) is 10.6 Å². The van der Waals surface area contributed by atoms with Crippen molar-refractivity contribution in [2.24, 2.45) is 5.73 Å². The van der Waals surface area contributed by atoms with E-state index in [4.69, 9.17) is 15.2 Å². The molecule has 2 rings (SSSR count). The summed E-state index contributed by atoms with van der Waals surface area (Å²) < 4.78 is 10.8. The molecular formula is C18H21N3O4. The first-order chi connectivity index (χ1) is 12.1. The fourth-order valence-corrected chi connectivity index (χ4v) is 2.04. The maximum absolute atomic E-state index is 12.1. The van der Waals surface area contributed by atoms with Crippen molar-refractivity contribution in [3.05, 3.63) is 48.5 Å². The molecule has 0 saturated heterocycles. The minimum atomic E-state index is -0.344. The summed E-state index contributed by atoms with van der Waals surface area (Å²) >= 11 is 0. The lowest BCUT2D eigenvalue weighted by Crippen LogP contribution is -2.24. The third-order valence-corrected chi connectivity index (χ3v) is 3.17. The average Bonchev–Trinajstić information content (AvgIpc) is 2.63. The molecule has 2 aromatic carbocycles. The standard InChI is InChI=1S/C18H21N3O4/c1-2-24-13-7-9-14(10-8-13)25-12-18(23)21-16-6-4-3-5-15(16)20-17(22)11-19/h3-10H,2,11-12,19H2,1H3,(H,20,22)(H,21,23). The highest BCUT2D eigenvalue weighted by atomic mass is 16.5. The molecule has 2 amide bonds. The molecule has 0 spiro atoms. The Morgan fingerprint density at radius 3 is 1.92 bits per heavy atom. The molecule has 0 atom stereocenters. The minimum absolute atomic E-state index is 0.136. The van der Waals surface area contributed by atoms with Gasteiger partial charge in [0, 0.05) is 0 Å². The molecule has 0 aliphatic rings. The van der Waals surface area contributed by atoms with Crippen LogP contribution in [0.1, 0.15) is 6.92 Å². The Morgan fingerprint density at radius 1 is 0.880 bits per heavy atom. The van der Waals surface area contributed by atoms with Gasteiger partial charge in [-0.05, 0) is 43.3 Å². The predicted molar refractivity (Wildman–Crippen MR) is 95.9 cm³/mol. The summed E-state index contributed by atoms with van der Waals surface area (Å²) in [6, 6.07) is 13.9. The van der Waals surface area contributed by atoms with Crippen molar-refractivity contribution < 1.29 is 19.1 Å². The number of hydrogen-bond donors (Lipinski definition) is 3. The van der Waals surface area contributed by atoms with Crippen LogP contribution in [0.25, 0.3) is 0 Å². The Morgan fingerprint density at radius 2 is 1.40 bits per heavy atom. The van der Waals surface area contributed by atoms with Crippen molar-refractivity contribution in [1.29, 1.82) is 0 Å². The molecule has 25 heavy (non-hydrogen) atoms.